The van der Waals surface area contributed by atoms with Crippen LogP contribution in [-0.2, 0) is 0 Å². The largest absolute Gasteiger partial charge is 0.381 e. The number of hydrogen-bond donors (Lipinski definition) is 2. The summed E-state index contributed by atoms with van der Waals surface area (Å²) in [5, 5.41) is 6.59. The number of carbonyl (C=O) groups excluding carboxylic acids is 1. The third-order valence-corrected chi connectivity index (χ3v) is 4.03. The Labute approximate surface area is 120 Å². The summed E-state index contributed by atoms with van der Waals surface area (Å²) in [5.74, 6) is 0.0527. The van der Waals surface area contributed by atoms with Gasteiger partial charge in [-0.25, -0.2) is 0 Å². The number of carbonyl (C=O) groups is 1. The minimum absolute atomic E-state index is 0.0527. The van der Waals surface area contributed by atoms with Crippen LogP contribution < -0.4 is 10.6 Å². The number of benzene rings is 1. The van der Waals surface area contributed by atoms with Crippen molar-refractivity contribution in [1.29, 1.82) is 0 Å². The van der Waals surface area contributed by atoms with Crippen molar-refractivity contribution >= 4 is 11.6 Å². The summed E-state index contributed by atoms with van der Waals surface area (Å²) in [6.07, 6.45) is 4.68. The summed E-state index contributed by atoms with van der Waals surface area (Å²) in [4.78, 5) is 14.4. The zero-order valence-corrected chi connectivity index (χ0v) is 12.1. The van der Waals surface area contributed by atoms with E-state index in [0.29, 0.717) is 12.1 Å². The van der Waals surface area contributed by atoms with Crippen LogP contribution in [0.5, 0.6) is 0 Å². The summed E-state index contributed by atoms with van der Waals surface area (Å²) < 4.78 is 0. The zero-order valence-electron chi connectivity index (χ0n) is 12.1. The smallest absolute Gasteiger partial charge is 0.251 e. The Morgan fingerprint density at radius 1 is 1.25 bits per heavy atom. The van der Waals surface area contributed by atoms with Gasteiger partial charge in [0.05, 0.1) is 0 Å². The van der Waals surface area contributed by atoms with Crippen LogP contribution in [0.2, 0.25) is 0 Å². The highest BCUT2D eigenvalue weighted by Crippen LogP contribution is 2.20. The first-order valence-corrected chi connectivity index (χ1v) is 7.57. The second-order valence-corrected chi connectivity index (χ2v) is 6.07. The third-order valence-electron chi connectivity index (χ3n) is 4.03. The third kappa shape index (κ3) is 3.51. The summed E-state index contributed by atoms with van der Waals surface area (Å²) in [6, 6.07) is 8.74. The van der Waals surface area contributed by atoms with E-state index in [-0.39, 0.29) is 5.91 Å². The lowest BCUT2D eigenvalue weighted by Crippen LogP contribution is -2.39. The van der Waals surface area contributed by atoms with E-state index in [1.54, 1.807) is 0 Å². The Kier molecular flexibility index (Phi) is 3.92. The summed E-state index contributed by atoms with van der Waals surface area (Å²) in [6.45, 7) is 2.25. The topological polar surface area (TPSA) is 44.4 Å². The first-order chi connectivity index (χ1) is 9.70. The van der Waals surface area contributed by atoms with Crippen molar-refractivity contribution in [1.82, 2.24) is 10.2 Å². The van der Waals surface area contributed by atoms with Crippen LogP contribution >= 0.6 is 0 Å². The predicted octanol–water partition coefficient (Wildman–Crippen LogP) is 2.08. The molecule has 1 unspecified atom stereocenters. The van der Waals surface area contributed by atoms with Gasteiger partial charge in [0, 0.05) is 29.9 Å². The molecule has 20 heavy (non-hydrogen) atoms. The summed E-state index contributed by atoms with van der Waals surface area (Å²) in [7, 11) is 2.16. The van der Waals surface area contributed by atoms with Gasteiger partial charge >= 0.3 is 0 Å². The Hall–Kier alpha value is -1.55. The number of nitrogens with zero attached hydrogens (tertiary/aromatic N) is 1. The molecule has 4 nitrogen and oxygen atoms in total. The van der Waals surface area contributed by atoms with Crippen molar-refractivity contribution in [3.63, 3.8) is 0 Å². The molecule has 2 fully saturated rings. The molecule has 0 bridgehead atoms. The Bertz CT molecular complexity index is 484. The molecule has 0 aromatic heterocycles. The van der Waals surface area contributed by atoms with Crippen molar-refractivity contribution in [2.45, 2.75) is 37.8 Å². The van der Waals surface area contributed by atoms with E-state index >= 15 is 0 Å². The number of rotatable bonds is 4. The van der Waals surface area contributed by atoms with E-state index in [9.17, 15) is 4.79 Å². The quantitative estimate of drug-likeness (QED) is 0.883. The normalized spacial score (nSPS) is 23.4. The second-order valence-electron chi connectivity index (χ2n) is 6.07. The molecule has 1 amide bonds. The monoisotopic (exact) mass is 273 g/mol. The van der Waals surface area contributed by atoms with Crippen molar-refractivity contribution in [2.24, 2.45) is 0 Å². The lowest BCUT2D eigenvalue weighted by Gasteiger charge is -2.31. The van der Waals surface area contributed by atoms with E-state index in [2.05, 4.69) is 22.6 Å². The zero-order chi connectivity index (χ0) is 13.9. The fourth-order valence-corrected chi connectivity index (χ4v) is 2.77. The van der Waals surface area contributed by atoms with Gasteiger partial charge in [0.2, 0.25) is 0 Å². The highest BCUT2D eigenvalue weighted by atomic mass is 16.1. The van der Waals surface area contributed by atoms with Crippen LogP contribution in [0.3, 0.4) is 0 Å². The number of amides is 1. The van der Waals surface area contributed by atoms with Gasteiger partial charge in [-0.15, -0.1) is 0 Å². The van der Waals surface area contributed by atoms with Crippen molar-refractivity contribution in [3.8, 4) is 0 Å². The lowest BCUT2D eigenvalue weighted by atomic mass is 10.1. The number of nitrogens with one attached hydrogen (secondary N) is 2. The standard InChI is InChI=1S/C16H23N3O/c1-19-9-3-6-15(11-19)17-14-5-2-4-12(10-14)16(20)18-13-7-8-13/h2,4-5,10,13,15,17H,3,6-9,11H2,1H3,(H,18,20). The molecule has 1 aromatic carbocycles. The van der Waals surface area contributed by atoms with Crippen LogP contribution in [0, 0.1) is 0 Å². The summed E-state index contributed by atoms with van der Waals surface area (Å²) in [5.41, 5.74) is 1.81. The fraction of sp³-hybridized carbons (Fsp3) is 0.562. The molecule has 1 heterocycles. The molecule has 2 N–H and O–H groups in total. The number of hydrogen-bond acceptors (Lipinski definition) is 3. The van der Waals surface area contributed by atoms with Gasteiger partial charge in [-0.1, -0.05) is 6.07 Å². The van der Waals surface area contributed by atoms with Crippen molar-refractivity contribution in [2.75, 3.05) is 25.5 Å². The van der Waals surface area contributed by atoms with Crippen LogP contribution in [0.4, 0.5) is 5.69 Å². The van der Waals surface area contributed by atoms with Crippen molar-refractivity contribution in [3.05, 3.63) is 29.8 Å². The van der Waals surface area contributed by atoms with Gasteiger partial charge in [-0.2, -0.15) is 0 Å². The first kappa shape index (κ1) is 13.4. The molecule has 1 aliphatic carbocycles. The minimum Gasteiger partial charge on any atom is -0.381 e. The molecule has 2 aliphatic rings. The van der Waals surface area contributed by atoms with Crippen LogP contribution in [-0.4, -0.2) is 43.0 Å². The van der Waals surface area contributed by atoms with Gasteiger partial charge in [-0.3, -0.25) is 4.79 Å². The molecule has 0 spiro atoms. The van der Waals surface area contributed by atoms with Gasteiger partial charge < -0.3 is 15.5 Å². The maximum Gasteiger partial charge on any atom is 0.251 e. The highest BCUT2D eigenvalue weighted by Gasteiger charge is 2.24. The Morgan fingerprint density at radius 3 is 2.85 bits per heavy atom. The van der Waals surface area contributed by atoms with Crippen LogP contribution in [0.15, 0.2) is 24.3 Å². The van der Waals surface area contributed by atoms with E-state index in [1.807, 2.05) is 24.3 Å². The molecule has 108 valence electrons. The van der Waals surface area contributed by atoms with Gasteiger partial charge in [0.1, 0.15) is 0 Å². The number of piperidine rings is 1. The van der Waals surface area contributed by atoms with Gasteiger partial charge in [-0.05, 0) is 57.5 Å². The maximum absolute atomic E-state index is 12.0. The molecule has 1 atom stereocenters. The van der Waals surface area contributed by atoms with Crippen molar-refractivity contribution < 1.29 is 4.79 Å². The first-order valence-electron chi connectivity index (χ1n) is 7.57. The molecular formula is C16H23N3O. The average Bonchev–Trinajstić information content (AvgIpc) is 3.23. The molecule has 1 saturated carbocycles. The summed E-state index contributed by atoms with van der Waals surface area (Å²) >= 11 is 0. The van der Waals surface area contributed by atoms with Gasteiger partial charge in [0.25, 0.3) is 5.91 Å². The van der Waals surface area contributed by atoms with Gasteiger partial charge in [0.15, 0.2) is 0 Å². The molecule has 1 aromatic rings. The van der Waals surface area contributed by atoms with E-state index in [1.165, 1.54) is 19.4 Å². The number of likely N-dealkylation sites (tertiary alicyclic amines) is 1. The van der Waals surface area contributed by atoms with E-state index in [0.717, 1.165) is 30.6 Å². The molecular weight excluding hydrogens is 250 g/mol. The molecule has 3 rings (SSSR count). The lowest BCUT2D eigenvalue weighted by molar-refractivity contribution is 0.0951. The highest BCUT2D eigenvalue weighted by molar-refractivity contribution is 5.95. The maximum atomic E-state index is 12.0. The molecule has 0 radical (unpaired) electrons. The van der Waals surface area contributed by atoms with Crippen LogP contribution in [0.1, 0.15) is 36.0 Å². The fourth-order valence-electron chi connectivity index (χ4n) is 2.77. The number of anilines is 1. The van der Waals surface area contributed by atoms with E-state index < -0.39 is 0 Å². The second kappa shape index (κ2) is 5.83. The Morgan fingerprint density at radius 2 is 2.10 bits per heavy atom. The minimum atomic E-state index is 0.0527. The number of likely N-dealkylation sites (N-methyl/N-ethyl adjacent to an activating group) is 1. The predicted molar refractivity (Wildman–Crippen MR) is 81.1 cm³/mol. The molecule has 1 saturated heterocycles. The average molecular weight is 273 g/mol. The molecule has 4 heteroatoms. The Balaban J connectivity index is 1.62. The SMILES string of the molecule is CN1CCCC(Nc2cccc(C(=O)NC3CC3)c2)C1. The van der Waals surface area contributed by atoms with E-state index in [4.69, 9.17) is 0 Å². The molecule has 1 aliphatic heterocycles. The van der Waals surface area contributed by atoms with Crippen LogP contribution in [0.25, 0.3) is 0 Å².